The van der Waals surface area contributed by atoms with E-state index in [-0.39, 0.29) is 23.3 Å². The van der Waals surface area contributed by atoms with Gasteiger partial charge in [-0.2, -0.15) is 0 Å². The third kappa shape index (κ3) is 3.49. The summed E-state index contributed by atoms with van der Waals surface area (Å²) in [6, 6.07) is 5.75. The first-order valence-electron chi connectivity index (χ1n) is 8.88. The molecule has 0 aliphatic carbocycles. The van der Waals surface area contributed by atoms with Gasteiger partial charge in [0.25, 0.3) is 0 Å². The number of carbonyl (C=O) groups is 2. The summed E-state index contributed by atoms with van der Waals surface area (Å²) in [7, 11) is 1.66. The Morgan fingerprint density at radius 2 is 1.92 bits per heavy atom. The van der Waals surface area contributed by atoms with Gasteiger partial charge < -0.3 is 20.3 Å². The average Bonchev–Trinajstić information content (AvgIpc) is 2.97. The number of carbonyl (C=O) groups excluding carboxylic acids is 2. The van der Waals surface area contributed by atoms with Crippen molar-refractivity contribution in [3.8, 4) is 0 Å². The van der Waals surface area contributed by atoms with Gasteiger partial charge in [-0.1, -0.05) is 6.07 Å². The van der Waals surface area contributed by atoms with Crippen LogP contribution in [-0.4, -0.2) is 50.2 Å². The molecule has 3 rings (SSSR count). The summed E-state index contributed by atoms with van der Waals surface area (Å²) in [5.41, 5.74) is 2.96. The highest BCUT2D eigenvalue weighted by atomic mass is 16.5. The molecule has 6 heteroatoms. The summed E-state index contributed by atoms with van der Waals surface area (Å²) in [5.74, 6) is -0.157. The van der Waals surface area contributed by atoms with Gasteiger partial charge in [-0.25, -0.2) is 4.79 Å². The third-order valence-corrected chi connectivity index (χ3v) is 5.74. The van der Waals surface area contributed by atoms with Crippen LogP contribution in [0, 0.1) is 25.2 Å². The lowest BCUT2D eigenvalue weighted by Crippen LogP contribution is -2.43. The molecular formula is C19H27N3O3. The zero-order chi connectivity index (χ0) is 18.0. The highest BCUT2D eigenvalue weighted by Gasteiger charge is 2.51. The maximum Gasteiger partial charge on any atom is 0.321 e. The number of hydrogen-bond donors (Lipinski definition) is 2. The molecule has 0 saturated carbocycles. The van der Waals surface area contributed by atoms with E-state index < -0.39 is 0 Å². The molecule has 3 amide bonds. The average molecular weight is 345 g/mol. The molecule has 6 nitrogen and oxygen atoms in total. The molecule has 25 heavy (non-hydrogen) atoms. The van der Waals surface area contributed by atoms with E-state index in [4.69, 9.17) is 4.74 Å². The number of anilines is 1. The molecule has 2 aliphatic heterocycles. The number of nitrogens with one attached hydrogen (secondary N) is 2. The van der Waals surface area contributed by atoms with Gasteiger partial charge in [0.2, 0.25) is 5.91 Å². The molecule has 2 saturated heterocycles. The maximum absolute atomic E-state index is 12.7. The number of likely N-dealkylation sites (tertiary alicyclic amines) is 1. The molecule has 2 heterocycles. The Hall–Kier alpha value is -2.08. The summed E-state index contributed by atoms with van der Waals surface area (Å²) in [5, 5.41) is 5.74. The monoisotopic (exact) mass is 345 g/mol. The fraction of sp³-hybridized carbons (Fsp3) is 0.579. The van der Waals surface area contributed by atoms with E-state index in [0.717, 1.165) is 24.1 Å². The normalized spacial score (nSPS) is 22.0. The molecule has 2 N–H and O–H groups in total. The van der Waals surface area contributed by atoms with Crippen molar-refractivity contribution in [2.45, 2.75) is 26.7 Å². The number of nitrogens with zero attached hydrogens (tertiary/aromatic N) is 1. The first-order chi connectivity index (χ1) is 11.9. The van der Waals surface area contributed by atoms with Crippen LogP contribution in [0.2, 0.25) is 0 Å². The first kappa shape index (κ1) is 17.7. The summed E-state index contributed by atoms with van der Waals surface area (Å²) in [6.45, 7) is 6.44. The molecule has 2 aliphatic rings. The van der Waals surface area contributed by atoms with Crippen LogP contribution in [0.25, 0.3) is 0 Å². The summed E-state index contributed by atoms with van der Waals surface area (Å²) in [4.78, 5) is 26.9. The summed E-state index contributed by atoms with van der Waals surface area (Å²) < 4.78 is 5.48. The van der Waals surface area contributed by atoms with Crippen molar-refractivity contribution in [1.29, 1.82) is 0 Å². The van der Waals surface area contributed by atoms with Gasteiger partial charge in [-0.3, -0.25) is 4.79 Å². The van der Waals surface area contributed by atoms with Crippen molar-refractivity contribution in [2.24, 2.45) is 11.3 Å². The molecule has 1 atom stereocenters. The number of rotatable bonds is 2. The lowest BCUT2D eigenvalue weighted by Gasteiger charge is -2.36. The van der Waals surface area contributed by atoms with Gasteiger partial charge in [0.15, 0.2) is 0 Å². The van der Waals surface area contributed by atoms with E-state index in [1.165, 1.54) is 5.56 Å². The highest BCUT2D eigenvalue weighted by Crippen LogP contribution is 2.44. The summed E-state index contributed by atoms with van der Waals surface area (Å²) in [6.07, 6.45) is 1.64. The predicted octanol–water partition coefficient (Wildman–Crippen LogP) is 2.31. The lowest BCUT2D eigenvalue weighted by molar-refractivity contribution is -0.129. The predicted molar refractivity (Wildman–Crippen MR) is 96.6 cm³/mol. The van der Waals surface area contributed by atoms with E-state index >= 15 is 0 Å². The fourth-order valence-electron chi connectivity index (χ4n) is 3.97. The number of urea groups is 1. The lowest BCUT2D eigenvalue weighted by atomic mass is 9.72. The number of hydrogen-bond acceptors (Lipinski definition) is 3. The fourth-order valence-corrected chi connectivity index (χ4v) is 3.97. The number of aryl methyl sites for hydroxylation is 2. The van der Waals surface area contributed by atoms with Crippen LogP contribution in [0.4, 0.5) is 10.5 Å². The van der Waals surface area contributed by atoms with Gasteiger partial charge in [-0.05, 0) is 49.9 Å². The van der Waals surface area contributed by atoms with Gasteiger partial charge in [0.1, 0.15) is 0 Å². The van der Waals surface area contributed by atoms with Crippen LogP contribution >= 0.6 is 0 Å². The van der Waals surface area contributed by atoms with Crippen LogP contribution in [-0.2, 0) is 9.53 Å². The molecule has 136 valence electrons. The second-order valence-corrected chi connectivity index (χ2v) is 7.25. The minimum atomic E-state index is -0.174. The molecule has 2 fully saturated rings. The minimum Gasteiger partial charge on any atom is -0.381 e. The second kappa shape index (κ2) is 7.04. The van der Waals surface area contributed by atoms with E-state index in [2.05, 4.69) is 10.6 Å². The SMILES string of the molecule is CNC(=O)C1CN(C(=O)Nc2ccc(C)c(C)c2)CC12CCOCC2. The van der Waals surface area contributed by atoms with E-state index in [1.54, 1.807) is 11.9 Å². The Morgan fingerprint density at radius 1 is 1.20 bits per heavy atom. The van der Waals surface area contributed by atoms with Crippen molar-refractivity contribution in [1.82, 2.24) is 10.2 Å². The maximum atomic E-state index is 12.7. The van der Waals surface area contributed by atoms with Crippen molar-refractivity contribution in [3.63, 3.8) is 0 Å². The smallest absolute Gasteiger partial charge is 0.321 e. The molecule has 0 aromatic heterocycles. The quantitative estimate of drug-likeness (QED) is 0.864. The van der Waals surface area contributed by atoms with Crippen LogP contribution < -0.4 is 10.6 Å². The minimum absolute atomic E-state index is 0.0170. The van der Waals surface area contributed by atoms with Crippen LogP contribution in [0.15, 0.2) is 18.2 Å². The standard InChI is InChI=1S/C19H27N3O3/c1-13-4-5-15(10-14(13)2)21-18(24)22-11-16(17(23)20-3)19(12-22)6-8-25-9-7-19/h4-5,10,16H,6-9,11-12H2,1-3H3,(H,20,23)(H,21,24). The van der Waals surface area contributed by atoms with Crippen molar-refractivity contribution in [2.75, 3.05) is 38.7 Å². The molecule has 0 bridgehead atoms. The van der Waals surface area contributed by atoms with E-state index in [9.17, 15) is 9.59 Å². The Balaban J connectivity index is 1.74. The Kier molecular flexibility index (Phi) is 4.99. The van der Waals surface area contributed by atoms with Crippen molar-refractivity contribution >= 4 is 17.6 Å². The van der Waals surface area contributed by atoms with Crippen LogP contribution in [0.1, 0.15) is 24.0 Å². The highest BCUT2D eigenvalue weighted by molar-refractivity contribution is 5.91. The topological polar surface area (TPSA) is 70.7 Å². The van der Waals surface area contributed by atoms with E-state index in [0.29, 0.717) is 26.3 Å². The molecular weight excluding hydrogens is 318 g/mol. The molecule has 1 aromatic rings. The molecule has 1 aromatic carbocycles. The van der Waals surface area contributed by atoms with Crippen LogP contribution in [0.3, 0.4) is 0 Å². The number of ether oxygens (including phenoxy) is 1. The van der Waals surface area contributed by atoms with Gasteiger partial charge in [0.05, 0.1) is 5.92 Å². The first-order valence-corrected chi connectivity index (χ1v) is 8.88. The number of amides is 3. The molecule has 1 unspecified atom stereocenters. The Morgan fingerprint density at radius 3 is 2.56 bits per heavy atom. The zero-order valence-corrected chi connectivity index (χ0v) is 15.2. The number of benzene rings is 1. The third-order valence-electron chi connectivity index (χ3n) is 5.74. The van der Waals surface area contributed by atoms with Crippen LogP contribution in [0.5, 0.6) is 0 Å². The molecule has 1 spiro atoms. The van der Waals surface area contributed by atoms with Gasteiger partial charge >= 0.3 is 6.03 Å². The Labute approximate surface area is 148 Å². The van der Waals surface area contributed by atoms with Crippen molar-refractivity contribution < 1.29 is 14.3 Å². The van der Waals surface area contributed by atoms with Crippen molar-refractivity contribution in [3.05, 3.63) is 29.3 Å². The molecule has 0 radical (unpaired) electrons. The van der Waals surface area contributed by atoms with Gasteiger partial charge in [0, 0.05) is 44.5 Å². The zero-order valence-electron chi connectivity index (χ0n) is 15.2. The largest absolute Gasteiger partial charge is 0.381 e. The van der Waals surface area contributed by atoms with Gasteiger partial charge in [-0.15, -0.1) is 0 Å². The van der Waals surface area contributed by atoms with E-state index in [1.807, 2.05) is 32.0 Å². The summed E-state index contributed by atoms with van der Waals surface area (Å²) >= 11 is 0. The Bertz CT molecular complexity index is 668. The second-order valence-electron chi connectivity index (χ2n) is 7.25.